The molecule has 1 aliphatic heterocycles. The summed E-state index contributed by atoms with van der Waals surface area (Å²) in [5.74, 6) is 1.20. The Bertz CT molecular complexity index is 829. The Morgan fingerprint density at radius 3 is 2.73 bits per heavy atom. The van der Waals surface area contributed by atoms with Crippen LogP contribution in [0.5, 0.6) is 11.5 Å². The lowest BCUT2D eigenvalue weighted by atomic mass is 9.67. The fourth-order valence-electron chi connectivity index (χ4n) is 4.90. The van der Waals surface area contributed by atoms with Gasteiger partial charge in [-0.1, -0.05) is 26.3 Å². The fraction of sp³-hybridized carbons (Fsp3) is 0.652. The van der Waals surface area contributed by atoms with Crippen LogP contribution in [0.2, 0.25) is 0 Å². The Morgan fingerprint density at radius 1 is 1.33 bits per heavy atom. The maximum Gasteiger partial charge on any atom is 0.294 e. The van der Waals surface area contributed by atoms with E-state index in [9.17, 15) is 20.3 Å². The maximum atomic E-state index is 11.0. The lowest BCUT2D eigenvalue weighted by Gasteiger charge is -2.47. The molecule has 0 radical (unpaired) electrons. The number of aromatic hydroxyl groups is 1. The molecule has 0 saturated heterocycles. The molecule has 0 bridgehead atoms. The number of ether oxygens (including phenoxy) is 1. The molecule has 7 nitrogen and oxygen atoms in total. The number of aliphatic hydroxyl groups is 1. The summed E-state index contributed by atoms with van der Waals surface area (Å²) in [6, 6.07) is 3.85. The van der Waals surface area contributed by atoms with E-state index in [1.54, 1.807) is 0 Å². The average Bonchev–Trinajstić information content (AvgIpc) is 2.66. The van der Waals surface area contributed by atoms with Gasteiger partial charge in [0.05, 0.1) is 13.2 Å². The molecule has 0 aromatic heterocycles. The first-order chi connectivity index (χ1) is 14.0. The molecule has 7 heteroatoms. The molecule has 2 atom stereocenters. The van der Waals surface area contributed by atoms with Crippen LogP contribution in [0.15, 0.2) is 23.8 Å². The second kappa shape index (κ2) is 8.46. The highest BCUT2D eigenvalue weighted by molar-refractivity contribution is 5.55. The van der Waals surface area contributed by atoms with Gasteiger partial charge in [0.2, 0.25) is 0 Å². The van der Waals surface area contributed by atoms with Crippen LogP contribution >= 0.6 is 0 Å². The zero-order valence-electron chi connectivity index (χ0n) is 18.3. The van der Waals surface area contributed by atoms with Gasteiger partial charge in [-0.2, -0.15) is 0 Å². The van der Waals surface area contributed by atoms with E-state index < -0.39 is 5.09 Å². The molecule has 2 N–H and O–H groups in total. The first kappa shape index (κ1) is 22.4. The first-order valence-corrected chi connectivity index (χ1v) is 10.7. The lowest BCUT2D eigenvalue weighted by molar-refractivity contribution is -0.757. The fourth-order valence-corrected chi connectivity index (χ4v) is 4.90. The Hall–Kier alpha value is -2.28. The van der Waals surface area contributed by atoms with Gasteiger partial charge in [0.15, 0.2) is 0 Å². The van der Waals surface area contributed by atoms with Crippen LogP contribution in [-0.2, 0) is 10.3 Å². The van der Waals surface area contributed by atoms with Gasteiger partial charge in [0.1, 0.15) is 17.1 Å². The predicted molar refractivity (Wildman–Crippen MR) is 113 cm³/mol. The summed E-state index contributed by atoms with van der Waals surface area (Å²) in [7, 11) is 0. The quantitative estimate of drug-likeness (QED) is 0.276. The van der Waals surface area contributed by atoms with Crippen LogP contribution in [0.4, 0.5) is 0 Å². The summed E-state index contributed by atoms with van der Waals surface area (Å²) < 4.78 is 6.40. The van der Waals surface area contributed by atoms with E-state index in [4.69, 9.17) is 4.74 Å². The third kappa shape index (κ3) is 4.56. The normalized spacial score (nSPS) is 22.4. The van der Waals surface area contributed by atoms with Crippen molar-refractivity contribution in [3.63, 3.8) is 0 Å². The second-order valence-corrected chi connectivity index (χ2v) is 9.66. The van der Waals surface area contributed by atoms with Crippen molar-refractivity contribution in [3.8, 4) is 11.5 Å². The van der Waals surface area contributed by atoms with Gasteiger partial charge in [-0.25, -0.2) is 0 Å². The highest BCUT2D eigenvalue weighted by Crippen LogP contribution is 2.54. The second-order valence-electron chi connectivity index (χ2n) is 9.66. The Kier molecular flexibility index (Phi) is 6.32. The number of nitrogens with zero attached hydrogens (tertiary/aromatic N) is 1. The van der Waals surface area contributed by atoms with Crippen molar-refractivity contribution >= 4 is 0 Å². The topological polar surface area (TPSA) is 102 Å². The number of benzene rings is 1. The molecule has 30 heavy (non-hydrogen) atoms. The van der Waals surface area contributed by atoms with Gasteiger partial charge in [-0.3, -0.25) is 0 Å². The van der Waals surface area contributed by atoms with Crippen LogP contribution in [0.1, 0.15) is 76.8 Å². The monoisotopic (exact) mass is 419 g/mol. The molecule has 1 aromatic rings. The van der Waals surface area contributed by atoms with Crippen molar-refractivity contribution in [1.82, 2.24) is 0 Å². The van der Waals surface area contributed by atoms with Crippen molar-refractivity contribution < 1.29 is 24.9 Å². The summed E-state index contributed by atoms with van der Waals surface area (Å²) in [4.78, 5) is 14.7. The zero-order chi connectivity index (χ0) is 22.1. The minimum Gasteiger partial charge on any atom is -0.507 e. The number of hydrogen-bond donors (Lipinski definition) is 2. The van der Waals surface area contributed by atoms with E-state index in [-0.39, 0.29) is 41.8 Å². The number of phenols is 1. The van der Waals surface area contributed by atoms with Crippen molar-refractivity contribution in [2.75, 3.05) is 13.2 Å². The van der Waals surface area contributed by atoms with E-state index in [0.29, 0.717) is 12.2 Å². The Balaban J connectivity index is 1.86. The summed E-state index contributed by atoms with van der Waals surface area (Å²) in [6.07, 6.45) is 6.06. The summed E-state index contributed by atoms with van der Waals surface area (Å²) in [5.41, 5.74) is 2.20. The lowest BCUT2D eigenvalue weighted by Crippen LogP contribution is -2.45. The van der Waals surface area contributed by atoms with E-state index in [1.165, 1.54) is 0 Å². The van der Waals surface area contributed by atoms with Crippen molar-refractivity contribution in [3.05, 3.63) is 45.0 Å². The molecular formula is C23H33NO6. The van der Waals surface area contributed by atoms with Crippen LogP contribution in [0, 0.1) is 16.0 Å². The number of fused-ring (bicyclic) bond motifs is 3. The summed E-state index contributed by atoms with van der Waals surface area (Å²) >= 11 is 0. The Labute approximate surface area is 177 Å². The van der Waals surface area contributed by atoms with Crippen molar-refractivity contribution in [2.45, 2.75) is 76.7 Å². The van der Waals surface area contributed by atoms with Crippen molar-refractivity contribution in [1.29, 1.82) is 0 Å². The number of rotatable bonds is 8. The number of hydrogen-bond acceptors (Lipinski definition) is 6. The van der Waals surface area contributed by atoms with E-state index in [2.05, 4.69) is 38.6 Å². The number of aliphatic hydroxyl groups excluding tert-OH is 1. The highest BCUT2D eigenvalue weighted by atomic mass is 16.9. The number of allylic oxidation sites excluding steroid dienone is 1. The van der Waals surface area contributed by atoms with E-state index in [0.717, 1.165) is 42.4 Å². The van der Waals surface area contributed by atoms with E-state index in [1.807, 2.05) is 12.1 Å². The third-order valence-electron chi connectivity index (χ3n) is 6.72. The molecule has 0 saturated carbocycles. The predicted octanol–water partition coefficient (Wildman–Crippen LogP) is 4.63. The summed E-state index contributed by atoms with van der Waals surface area (Å²) in [5, 5.41) is 30.1. The van der Waals surface area contributed by atoms with Gasteiger partial charge in [-0.05, 0) is 68.2 Å². The minimum atomic E-state index is -0.763. The smallest absolute Gasteiger partial charge is 0.294 e. The average molecular weight is 420 g/mol. The number of unbranched alkanes of at least 4 members (excludes halogenated alkanes) is 1. The highest BCUT2D eigenvalue weighted by Gasteiger charge is 2.45. The molecule has 3 rings (SSSR count). The molecule has 1 heterocycles. The molecule has 0 spiro atoms. The van der Waals surface area contributed by atoms with Crippen molar-refractivity contribution in [2.24, 2.45) is 5.92 Å². The van der Waals surface area contributed by atoms with Crippen LogP contribution in [-0.4, -0.2) is 34.1 Å². The van der Waals surface area contributed by atoms with E-state index >= 15 is 0 Å². The molecule has 0 amide bonds. The maximum absolute atomic E-state index is 11.0. The molecular weight excluding hydrogens is 386 g/mol. The van der Waals surface area contributed by atoms with Gasteiger partial charge in [0.25, 0.3) is 5.09 Å². The van der Waals surface area contributed by atoms with Crippen LogP contribution in [0.25, 0.3) is 0 Å². The van der Waals surface area contributed by atoms with Gasteiger partial charge in [0, 0.05) is 17.4 Å². The molecule has 166 valence electrons. The minimum absolute atomic E-state index is 0.0242. The number of phenolic OH excluding ortho intramolecular Hbond substituents is 1. The molecule has 2 aliphatic rings. The molecule has 1 aliphatic carbocycles. The summed E-state index contributed by atoms with van der Waals surface area (Å²) in [6.45, 7) is 8.53. The molecule has 0 unspecified atom stereocenters. The van der Waals surface area contributed by atoms with Crippen LogP contribution < -0.4 is 4.74 Å². The van der Waals surface area contributed by atoms with Crippen LogP contribution in [0.3, 0.4) is 0 Å². The molecule has 0 fully saturated rings. The standard InChI is InChI=1S/C23H33NO6/c1-22(2,9-5-6-10-29-24(27)28)16-12-19(26)21-17-11-15(14-25)7-8-18(17)23(3,4)30-20(21)13-16/h11-13,17-18,25-26H,5-10,14H2,1-4H3/t17-,18-/m1/s1. The SMILES string of the molecule is CC(C)(CCCCO[N+](=O)[O-])c1cc(O)c2c(c1)OC(C)(C)[C@@H]1CCC(CO)=C[C@@H]21. The largest absolute Gasteiger partial charge is 0.507 e. The van der Waals surface area contributed by atoms with Gasteiger partial charge in [-0.15, -0.1) is 10.1 Å². The Morgan fingerprint density at radius 2 is 2.07 bits per heavy atom. The van der Waals surface area contributed by atoms with Gasteiger partial charge >= 0.3 is 0 Å². The zero-order valence-corrected chi connectivity index (χ0v) is 18.3. The third-order valence-corrected chi connectivity index (χ3v) is 6.72. The molecule has 1 aromatic carbocycles. The van der Waals surface area contributed by atoms with Gasteiger partial charge < -0.3 is 19.8 Å². The first-order valence-electron chi connectivity index (χ1n) is 10.7.